The molecule has 0 spiro atoms. The first-order valence-corrected chi connectivity index (χ1v) is 9.95. The molecule has 0 radical (unpaired) electrons. The topological polar surface area (TPSA) is 63.7 Å². The molecule has 1 aliphatic heterocycles. The van der Waals surface area contributed by atoms with Crippen LogP contribution in [0.1, 0.15) is 32.3 Å². The van der Waals surface area contributed by atoms with Crippen LogP contribution >= 0.6 is 0 Å². The van der Waals surface area contributed by atoms with Gasteiger partial charge < -0.3 is 9.64 Å². The van der Waals surface area contributed by atoms with E-state index in [-0.39, 0.29) is 23.5 Å². The Morgan fingerprint density at radius 1 is 1.30 bits per heavy atom. The van der Waals surface area contributed by atoms with E-state index in [0.717, 1.165) is 11.3 Å². The zero-order valence-corrected chi connectivity index (χ0v) is 14.6. The first-order chi connectivity index (χ1) is 10.9. The van der Waals surface area contributed by atoms with Crippen LogP contribution in [0.25, 0.3) is 0 Å². The van der Waals surface area contributed by atoms with Crippen molar-refractivity contribution in [1.82, 2.24) is 4.90 Å². The lowest BCUT2D eigenvalue weighted by atomic mass is 10.1. The molecule has 23 heavy (non-hydrogen) atoms. The van der Waals surface area contributed by atoms with E-state index in [1.807, 2.05) is 38.1 Å². The molecule has 1 aromatic carbocycles. The third kappa shape index (κ3) is 5.23. The highest BCUT2D eigenvalue weighted by Crippen LogP contribution is 2.16. The second-order valence-corrected chi connectivity index (χ2v) is 8.21. The first-order valence-electron chi connectivity index (χ1n) is 8.13. The predicted octanol–water partition coefficient (Wildman–Crippen LogP) is 2.05. The van der Waals surface area contributed by atoms with E-state index in [2.05, 4.69) is 0 Å². The highest BCUT2D eigenvalue weighted by molar-refractivity contribution is 7.91. The number of aryl methyl sites for hydroxylation is 1. The molecule has 1 fully saturated rings. The molecule has 128 valence electrons. The van der Waals surface area contributed by atoms with Gasteiger partial charge in [0.2, 0.25) is 5.91 Å². The Bertz CT molecular complexity index is 624. The van der Waals surface area contributed by atoms with Gasteiger partial charge >= 0.3 is 0 Å². The average molecular weight is 339 g/mol. The maximum Gasteiger partial charge on any atom is 0.223 e. The second kappa shape index (κ2) is 7.81. The summed E-state index contributed by atoms with van der Waals surface area (Å²) in [6.07, 6.45) is 1.58. The lowest BCUT2D eigenvalue weighted by Crippen LogP contribution is -2.40. The number of sulfone groups is 1. The van der Waals surface area contributed by atoms with Gasteiger partial charge in [-0.2, -0.15) is 0 Å². The molecule has 1 heterocycles. The van der Waals surface area contributed by atoms with Crippen molar-refractivity contribution in [2.45, 2.75) is 39.2 Å². The molecule has 1 saturated heterocycles. The Balaban J connectivity index is 1.91. The molecule has 0 N–H and O–H groups in total. The first kappa shape index (κ1) is 17.8. The number of amides is 1. The van der Waals surface area contributed by atoms with Crippen LogP contribution in [0.2, 0.25) is 0 Å². The number of nitrogens with zero attached hydrogens (tertiary/aromatic N) is 1. The van der Waals surface area contributed by atoms with Crippen molar-refractivity contribution < 1.29 is 17.9 Å². The summed E-state index contributed by atoms with van der Waals surface area (Å²) in [4.78, 5) is 14.1. The van der Waals surface area contributed by atoms with Crippen LogP contribution in [0, 0.1) is 0 Å². The summed E-state index contributed by atoms with van der Waals surface area (Å²) in [6, 6.07) is 7.51. The van der Waals surface area contributed by atoms with Gasteiger partial charge in [0.15, 0.2) is 9.84 Å². The molecular weight excluding hydrogens is 314 g/mol. The number of hydrogen-bond donors (Lipinski definition) is 0. The number of ether oxygens (including phenoxy) is 1. The van der Waals surface area contributed by atoms with Gasteiger partial charge in [-0.25, -0.2) is 8.42 Å². The molecule has 2 rings (SSSR count). The molecule has 1 atom stereocenters. The van der Waals surface area contributed by atoms with Gasteiger partial charge in [0.05, 0.1) is 18.1 Å². The van der Waals surface area contributed by atoms with Crippen LogP contribution in [-0.2, 0) is 21.1 Å². The fourth-order valence-electron chi connectivity index (χ4n) is 2.90. The van der Waals surface area contributed by atoms with E-state index < -0.39 is 9.84 Å². The molecule has 0 bridgehead atoms. The Kier molecular flexibility index (Phi) is 6.04. The van der Waals surface area contributed by atoms with Gasteiger partial charge in [0.25, 0.3) is 0 Å². The Hall–Kier alpha value is -1.56. The number of hydrogen-bond acceptors (Lipinski definition) is 4. The largest absolute Gasteiger partial charge is 0.494 e. The van der Waals surface area contributed by atoms with Crippen LogP contribution < -0.4 is 4.74 Å². The van der Waals surface area contributed by atoms with E-state index in [9.17, 15) is 13.2 Å². The molecule has 1 unspecified atom stereocenters. The monoisotopic (exact) mass is 339 g/mol. The average Bonchev–Trinajstić information content (AvgIpc) is 2.63. The maximum absolute atomic E-state index is 12.4. The van der Waals surface area contributed by atoms with Crippen molar-refractivity contribution in [3.05, 3.63) is 29.8 Å². The summed E-state index contributed by atoms with van der Waals surface area (Å²) in [5, 5.41) is 0. The second-order valence-electron chi connectivity index (χ2n) is 5.98. The van der Waals surface area contributed by atoms with Crippen molar-refractivity contribution in [2.75, 3.05) is 24.7 Å². The van der Waals surface area contributed by atoms with Gasteiger partial charge in [0, 0.05) is 19.0 Å². The summed E-state index contributed by atoms with van der Waals surface area (Å²) < 4.78 is 28.9. The van der Waals surface area contributed by atoms with Crippen LogP contribution in [-0.4, -0.2) is 49.9 Å². The van der Waals surface area contributed by atoms with Crippen molar-refractivity contribution in [2.24, 2.45) is 0 Å². The third-order valence-corrected chi connectivity index (χ3v) is 5.96. The number of carbonyl (C=O) groups excluding carboxylic acids is 1. The summed E-state index contributed by atoms with van der Waals surface area (Å²) in [6.45, 7) is 4.92. The summed E-state index contributed by atoms with van der Waals surface area (Å²) >= 11 is 0. The van der Waals surface area contributed by atoms with Crippen molar-refractivity contribution in [3.63, 3.8) is 0 Å². The third-order valence-electron chi connectivity index (χ3n) is 4.06. The van der Waals surface area contributed by atoms with Crippen LogP contribution in [0.5, 0.6) is 5.75 Å². The minimum atomic E-state index is -3.02. The fourth-order valence-corrected chi connectivity index (χ4v) is 4.55. The normalized spacial score (nSPS) is 20.8. The van der Waals surface area contributed by atoms with Crippen molar-refractivity contribution in [3.8, 4) is 5.75 Å². The van der Waals surface area contributed by atoms with Gasteiger partial charge in [-0.1, -0.05) is 12.1 Å². The quantitative estimate of drug-likeness (QED) is 0.824. The molecular formula is C17H25NO4S. The molecule has 6 heteroatoms. The highest BCUT2D eigenvalue weighted by Gasteiger charge is 2.28. The maximum atomic E-state index is 12.4. The minimum absolute atomic E-state index is 0.0310. The molecule has 1 aliphatic rings. The van der Waals surface area contributed by atoms with Gasteiger partial charge in [-0.3, -0.25) is 4.79 Å². The van der Waals surface area contributed by atoms with Crippen LogP contribution in [0.4, 0.5) is 0 Å². The van der Waals surface area contributed by atoms with E-state index >= 15 is 0 Å². The van der Waals surface area contributed by atoms with E-state index in [1.54, 1.807) is 4.90 Å². The minimum Gasteiger partial charge on any atom is -0.494 e. The zero-order valence-electron chi connectivity index (χ0n) is 13.8. The molecule has 5 nitrogen and oxygen atoms in total. The molecule has 1 aromatic rings. The molecule has 1 amide bonds. The predicted molar refractivity (Wildman–Crippen MR) is 90.4 cm³/mol. The SMILES string of the molecule is CCOc1ccc(CCC(=O)N2CCCS(=O)(=O)CC2C)cc1. The summed E-state index contributed by atoms with van der Waals surface area (Å²) in [5.41, 5.74) is 1.08. The van der Waals surface area contributed by atoms with Crippen LogP contribution in [0.3, 0.4) is 0 Å². The van der Waals surface area contributed by atoms with E-state index in [1.165, 1.54) is 0 Å². The number of rotatable bonds is 5. The Morgan fingerprint density at radius 3 is 2.65 bits per heavy atom. The van der Waals surface area contributed by atoms with Crippen LogP contribution in [0.15, 0.2) is 24.3 Å². The van der Waals surface area contributed by atoms with Crippen molar-refractivity contribution in [1.29, 1.82) is 0 Å². The smallest absolute Gasteiger partial charge is 0.223 e. The summed E-state index contributed by atoms with van der Waals surface area (Å²) in [5.74, 6) is 1.11. The Morgan fingerprint density at radius 2 is 2.00 bits per heavy atom. The van der Waals surface area contributed by atoms with E-state index in [0.29, 0.717) is 32.4 Å². The summed E-state index contributed by atoms with van der Waals surface area (Å²) in [7, 11) is -3.02. The van der Waals surface area contributed by atoms with Gasteiger partial charge in [-0.15, -0.1) is 0 Å². The lowest BCUT2D eigenvalue weighted by Gasteiger charge is -2.26. The molecule has 0 saturated carbocycles. The standard InChI is InChI=1S/C17H25NO4S/c1-3-22-16-8-5-15(6-9-16)7-10-17(19)18-11-4-12-23(20,21)13-14(18)2/h5-6,8-9,14H,3-4,7,10-13H2,1-2H3. The number of benzene rings is 1. The Labute approximate surface area is 138 Å². The van der Waals surface area contributed by atoms with E-state index in [4.69, 9.17) is 4.74 Å². The molecule has 0 aromatic heterocycles. The van der Waals surface area contributed by atoms with Crippen molar-refractivity contribution >= 4 is 15.7 Å². The zero-order chi connectivity index (χ0) is 16.9. The highest BCUT2D eigenvalue weighted by atomic mass is 32.2. The fraction of sp³-hybridized carbons (Fsp3) is 0.588. The molecule has 0 aliphatic carbocycles. The van der Waals surface area contributed by atoms with Gasteiger partial charge in [0.1, 0.15) is 5.75 Å². The van der Waals surface area contributed by atoms with Gasteiger partial charge in [-0.05, 0) is 44.4 Å². The lowest BCUT2D eigenvalue weighted by molar-refractivity contribution is -0.132. The number of carbonyl (C=O) groups is 1.